The van der Waals surface area contributed by atoms with Crippen molar-refractivity contribution >= 4 is 16.8 Å². The van der Waals surface area contributed by atoms with Crippen LogP contribution in [-0.2, 0) is 17.7 Å². The third kappa shape index (κ3) is 4.71. The van der Waals surface area contributed by atoms with Gasteiger partial charge in [0.15, 0.2) is 0 Å². The number of carbonyl (C=O) groups excluding carboxylic acids is 1. The first-order valence-electron chi connectivity index (χ1n) is 12.8. The first-order valence-corrected chi connectivity index (χ1v) is 12.8. The number of amides is 1. The molecule has 178 valence electrons. The normalized spacial score (nSPS) is 21.7. The van der Waals surface area contributed by atoms with E-state index < -0.39 is 0 Å². The van der Waals surface area contributed by atoms with E-state index in [0.717, 1.165) is 77.2 Å². The molecule has 0 unspecified atom stereocenters. The van der Waals surface area contributed by atoms with Crippen LogP contribution in [0.15, 0.2) is 23.0 Å². The van der Waals surface area contributed by atoms with Crippen molar-refractivity contribution < 1.29 is 9.53 Å². The predicted molar refractivity (Wildman–Crippen MR) is 129 cm³/mol. The Morgan fingerprint density at radius 3 is 2.58 bits per heavy atom. The molecule has 7 nitrogen and oxygen atoms in total. The highest BCUT2D eigenvalue weighted by Crippen LogP contribution is 2.34. The van der Waals surface area contributed by atoms with Crippen molar-refractivity contribution in [2.75, 3.05) is 32.8 Å². The van der Waals surface area contributed by atoms with Gasteiger partial charge in [-0.3, -0.25) is 19.1 Å². The highest BCUT2D eigenvalue weighted by Gasteiger charge is 2.38. The molecule has 1 aromatic carbocycles. The van der Waals surface area contributed by atoms with Gasteiger partial charge in [0.1, 0.15) is 5.82 Å². The molecule has 1 N–H and O–H groups in total. The van der Waals surface area contributed by atoms with Gasteiger partial charge in [0.25, 0.3) is 11.5 Å². The number of benzene rings is 1. The Kier molecular flexibility index (Phi) is 6.79. The average molecular weight is 453 g/mol. The Morgan fingerprint density at radius 1 is 1.00 bits per heavy atom. The molecule has 7 heteroatoms. The second kappa shape index (κ2) is 9.94. The second-order valence-corrected chi connectivity index (χ2v) is 9.95. The van der Waals surface area contributed by atoms with E-state index >= 15 is 0 Å². The van der Waals surface area contributed by atoms with Crippen LogP contribution in [-0.4, -0.2) is 58.7 Å². The van der Waals surface area contributed by atoms with E-state index in [9.17, 15) is 9.59 Å². The third-order valence-corrected chi connectivity index (χ3v) is 7.87. The molecule has 0 bridgehead atoms. The predicted octanol–water partition coefficient (Wildman–Crippen LogP) is 3.28. The molecule has 0 spiro atoms. The smallest absolute Gasteiger partial charge is 0.261 e. The molecule has 1 aromatic heterocycles. The summed E-state index contributed by atoms with van der Waals surface area (Å²) in [7, 11) is 0. The van der Waals surface area contributed by atoms with Crippen LogP contribution >= 0.6 is 0 Å². The summed E-state index contributed by atoms with van der Waals surface area (Å²) < 4.78 is 7.42. The molecule has 5 rings (SSSR count). The van der Waals surface area contributed by atoms with Gasteiger partial charge in [-0.05, 0) is 43.9 Å². The Morgan fingerprint density at radius 2 is 1.76 bits per heavy atom. The number of aromatic nitrogens is 2. The molecule has 33 heavy (non-hydrogen) atoms. The quantitative estimate of drug-likeness (QED) is 0.771. The Bertz CT molecular complexity index is 1050. The van der Waals surface area contributed by atoms with Gasteiger partial charge in [0, 0.05) is 43.7 Å². The van der Waals surface area contributed by atoms with Gasteiger partial charge in [-0.25, -0.2) is 4.98 Å². The maximum absolute atomic E-state index is 13.2. The van der Waals surface area contributed by atoms with Crippen LogP contribution in [0.3, 0.4) is 0 Å². The lowest BCUT2D eigenvalue weighted by atomic mass is 9.79. The van der Waals surface area contributed by atoms with Crippen molar-refractivity contribution in [3.05, 3.63) is 39.9 Å². The summed E-state index contributed by atoms with van der Waals surface area (Å²) in [5.74, 6) is 0.780. The molecule has 2 aromatic rings. The van der Waals surface area contributed by atoms with Gasteiger partial charge in [-0.2, -0.15) is 0 Å². The molecule has 3 aliphatic rings. The minimum atomic E-state index is -0.0799. The topological polar surface area (TPSA) is 76.5 Å². The zero-order valence-corrected chi connectivity index (χ0v) is 19.6. The lowest BCUT2D eigenvalue weighted by Gasteiger charge is -2.48. The molecular weight excluding hydrogens is 416 g/mol. The number of ether oxygens (including phenoxy) is 1. The number of hydrogen-bond acceptors (Lipinski definition) is 5. The summed E-state index contributed by atoms with van der Waals surface area (Å²) >= 11 is 0. The highest BCUT2D eigenvalue weighted by atomic mass is 16.5. The van der Waals surface area contributed by atoms with Crippen LogP contribution in [0.25, 0.3) is 10.9 Å². The van der Waals surface area contributed by atoms with E-state index in [-0.39, 0.29) is 17.0 Å². The van der Waals surface area contributed by atoms with Crippen molar-refractivity contribution in [1.82, 2.24) is 19.8 Å². The van der Waals surface area contributed by atoms with Gasteiger partial charge in [-0.15, -0.1) is 0 Å². The first kappa shape index (κ1) is 22.5. The summed E-state index contributed by atoms with van der Waals surface area (Å²) in [6.45, 7) is 4.81. The molecular formula is C26H36N4O3. The summed E-state index contributed by atoms with van der Waals surface area (Å²) in [6.07, 6.45) is 11.2. The monoisotopic (exact) mass is 452 g/mol. The number of nitrogens with zero attached hydrogens (tertiary/aromatic N) is 3. The van der Waals surface area contributed by atoms with E-state index in [4.69, 9.17) is 9.72 Å². The maximum Gasteiger partial charge on any atom is 0.261 e. The SMILES string of the molecule is O=C(NCC1(N2CCOCC2)CCCCC1)c1ccc2c(=O)n3c(nc2c1)CCCCCC3. The maximum atomic E-state index is 13.2. The van der Waals surface area contributed by atoms with Gasteiger partial charge in [0.2, 0.25) is 0 Å². The van der Waals surface area contributed by atoms with Crippen LogP contribution in [0.5, 0.6) is 0 Å². The van der Waals surface area contributed by atoms with Crippen LogP contribution in [0.2, 0.25) is 0 Å². The standard InChI is InChI=1S/C26H36N4O3/c31-24(27-19-26(11-5-3-6-12-26)29-14-16-33-17-15-29)20-9-10-21-22(18-20)28-23-8-4-1-2-7-13-30(23)25(21)32/h9-10,18H,1-8,11-17,19H2,(H,27,31). The molecule has 1 aliphatic carbocycles. The van der Waals surface area contributed by atoms with E-state index in [0.29, 0.717) is 23.0 Å². The highest BCUT2D eigenvalue weighted by molar-refractivity contribution is 5.97. The van der Waals surface area contributed by atoms with Gasteiger partial charge in [0.05, 0.1) is 24.1 Å². The third-order valence-electron chi connectivity index (χ3n) is 7.87. The largest absolute Gasteiger partial charge is 0.379 e. The van der Waals surface area contributed by atoms with Gasteiger partial charge in [-0.1, -0.05) is 32.1 Å². The number of carbonyl (C=O) groups is 1. The number of fused-ring (bicyclic) bond motifs is 2. The zero-order chi connectivity index (χ0) is 22.7. The number of aryl methyl sites for hydroxylation is 1. The van der Waals surface area contributed by atoms with Gasteiger partial charge < -0.3 is 10.1 Å². The van der Waals surface area contributed by atoms with Crippen LogP contribution in [0.1, 0.15) is 74.0 Å². The molecule has 1 saturated carbocycles. The number of hydrogen-bond donors (Lipinski definition) is 1. The minimum absolute atomic E-state index is 0.0253. The second-order valence-electron chi connectivity index (χ2n) is 9.95. The Hall–Kier alpha value is -2.25. The minimum Gasteiger partial charge on any atom is -0.379 e. The molecule has 1 amide bonds. The average Bonchev–Trinajstić information content (AvgIpc) is 2.84. The van der Waals surface area contributed by atoms with Crippen molar-refractivity contribution in [2.45, 2.75) is 76.3 Å². The van der Waals surface area contributed by atoms with Crippen LogP contribution < -0.4 is 10.9 Å². The van der Waals surface area contributed by atoms with Crippen molar-refractivity contribution in [2.24, 2.45) is 0 Å². The fourth-order valence-corrected chi connectivity index (χ4v) is 5.94. The number of morpholine rings is 1. The lowest BCUT2D eigenvalue weighted by Crippen LogP contribution is -2.59. The van der Waals surface area contributed by atoms with Crippen molar-refractivity contribution in [3.8, 4) is 0 Å². The summed E-state index contributed by atoms with van der Waals surface area (Å²) in [5.41, 5.74) is 1.28. The number of nitrogens with one attached hydrogen (secondary N) is 1. The van der Waals surface area contributed by atoms with E-state index in [1.807, 2.05) is 4.57 Å². The van der Waals surface area contributed by atoms with Crippen molar-refractivity contribution in [1.29, 1.82) is 0 Å². The van der Waals surface area contributed by atoms with Crippen LogP contribution in [0, 0.1) is 0 Å². The summed E-state index contributed by atoms with van der Waals surface area (Å²) in [6, 6.07) is 5.36. The summed E-state index contributed by atoms with van der Waals surface area (Å²) in [4.78, 5) is 33.6. The molecule has 2 aliphatic heterocycles. The molecule has 2 fully saturated rings. The Balaban J connectivity index is 1.36. The van der Waals surface area contributed by atoms with E-state index in [2.05, 4.69) is 10.2 Å². The first-order chi connectivity index (χ1) is 16.2. The van der Waals surface area contributed by atoms with Crippen molar-refractivity contribution in [3.63, 3.8) is 0 Å². The number of rotatable bonds is 4. The lowest BCUT2D eigenvalue weighted by molar-refractivity contribution is -0.0361. The van der Waals surface area contributed by atoms with E-state index in [1.54, 1.807) is 18.2 Å². The fraction of sp³-hybridized carbons (Fsp3) is 0.654. The summed E-state index contributed by atoms with van der Waals surface area (Å²) in [5, 5.41) is 3.84. The van der Waals surface area contributed by atoms with E-state index in [1.165, 1.54) is 25.7 Å². The molecule has 0 atom stereocenters. The van der Waals surface area contributed by atoms with Gasteiger partial charge >= 0.3 is 0 Å². The zero-order valence-electron chi connectivity index (χ0n) is 19.6. The Labute approximate surface area is 195 Å². The molecule has 0 radical (unpaired) electrons. The fourth-order valence-electron chi connectivity index (χ4n) is 5.94. The van der Waals surface area contributed by atoms with Crippen LogP contribution in [0.4, 0.5) is 0 Å². The molecule has 1 saturated heterocycles. The molecule has 3 heterocycles.